The van der Waals surface area contributed by atoms with Gasteiger partial charge in [0.15, 0.2) is 0 Å². The van der Waals surface area contributed by atoms with Gasteiger partial charge in [0.05, 0.1) is 0 Å². The molecule has 2 nitrogen and oxygen atoms in total. The molecule has 23 heavy (non-hydrogen) atoms. The largest absolute Gasteiger partial charge is 0.462 e. The molecular formula is C21H34O2. The molecule has 0 heterocycles. The third kappa shape index (κ3) is 2.38. The first-order valence-corrected chi connectivity index (χ1v) is 10.1. The fourth-order valence-corrected chi connectivity index (χ4v) is 7.63. The van der Waals surface area contributed by atoms with Crippen LogP contribution in [0.4, 0.5) is 0 Å². The van der Waals surface area contributed by atoms with Gasteiger partial charge in [0.25, 0.3) is 0 Å². The van der Waals surface area contributed by atoms with Crippen molar-refractivity contribution in [3.8, 4) is 0 Å². The number of hydrogen-bond donors (Lipinski definition) is 0. The van der Waals surface area contributed by atoms with Crippen LogP contribution in [-0.2, 0) is 9.53 Å². The van der Waals surface area contributed by atoms with E-state index < -0.39 is 0 Å². The maximum atomic E-state index is 11.6. The number of carbonyl (C=O) groups excluding carboxylic acids is 1. The van der Waals surface area contributed by atoms with Crippen molar-refractivity contribution >= 4 is 5.97 Å². The minimum Gasteiger partial charge on any atom is -0.462 e. The topological polar surface area (TPSA) is 26.3 Å². The second-order valence-corrected chi connectivity index (χ2v) is 9.70. The number of hydrogen-bond acceptors (Lipinski definition) is 2. The average molecular weight is 319 g/mol. The molecule has 1 unspecified atom stereocenters. The molecule has 0 N–H and O–H groups in total. The van der Waals surface area contributed by atoms with Gasteiger partial charge in [-0.3, -0.25) is 4.79 Å². The number of carbonyl (C=O) groups is 1. The summed E-state index contributed by atoms with van der Waals surface area (Å²) in [5.74, 6) is 3.22. The lowest BCUT2D eigenvalue weighted by molar-refractivity contribution is -0.160. The predicted octanol–water partition coefficient (Wildman–Crippen LogP) is 5.35. The average Bonchev–Trinajstić information content (AvgIpc) is 2.83. The zero-order chi connectivity index (χ0) is 16.2. The van der Waals surface area contributed by atoms with Gasteiger partial charge >= 0.3 is 5.97 Å². The Labute approximate surface area is 141 Å². The third-order valence-electron chi connectivity index (χ3n) is 8.67. The van der Waals surface area contributed by atoms with Gasteiger partial charge in [-0.05, 0) is 80.0 Å². The fourth-order valence-electron chi connectivity index (χ4n) is 7.63. The smallest absolute Gasteiger partial charge is 0.302 e. The summed E-state index contributed by atoms with van der Waals surface area (Å²) in [6, 6.07) is 0. The lowest BCUT2D eigenvalue weighted by Crippen LogP contribution is -2.53. The quantitative estimate of drug-likeness (QED) is 0.609. The summed E-state index contributed by atoms with van der Waals surface area (Å²) >= 11 is 0. The van der Waals surface area contributed by atoms with E-state index in [0.29, 0.717) is 16.7 Å². The maximum absolute atomic E-state index is 11.6. The Morgan fingerprint density at radius 1 is 0.957 bits per heavy atom. The molecule has 0 aromatic heterocycles. The predicted molar refractivity (Wildman–Crippen MR) is 91.9 cm³/mol. The Balaban J connectivity index is 1.63. The second kappa shape index (κ2) is 5.49. The maximum Gasteiger partial charge on any atom is 0.302 e. The first-order chi connectivity index (χ1) is 10.9. The SMILES string of the molecule is CC(=O)OC1CC[C@@]2(C)CC[C@H]3[C@@H](CC[C@H]4CCCC[C@@]43C)[C@H]12. The van der Waals surface area contributed by atoms with Gasteiger partial charge in [-0.2, -0.15) is 0 Å². The van der Waals surface area contributed by atoms with E-state index in [1.54, 1.807) is 6.92 Å². The van der Waals surface area contributed by atoms with Crippen molar-refractivity contribution in [2.45, 2.75) is 91.1 Å². The molecule has 0 aliphatic heterocycles. The highest BCUT2D eigenvalue weighted by Gasteiger charge is 2.60. The van der Waals surface area contributed by atoms with Crippen molar-refractivity contribution in [2.75, 3.05) is 0 Å². The third-order valence-corrected chi connectivity index (χ3v) is 8.67. The van der Waals surface area contributed by atoms with Gasteiger partial charge in [0.1, 0.15) is 6.10 Å². The molecule has 2 heteroatoms. The Bertz CT molecular complexity index is 486. The van der Waals surface area contributed by atoms with Crippen LogP contribution in [0.15, 0.2) is 0 Å². The van der Waals surface area contributed by atoms with E-state index >= 15 is 0 Å². The van der Waals surface area contributed by atoms with Crippen LogP contribution in [0.3, 0.4) is 0 Å². The molecule has 4 aliphatic carbocycles. The number of fused-ring (bicyclic) bond motifs is 5. The van der Waals surface area contributed by atoms with Gasteiger partial charge in [-0.15, -0.1) is 0 Å². The van der Waals surface area contributed by atoms with Crippen molar-refractivity contribution in [2.24, 2.45) is 34.5 Å². The molecule has 0 aromatic carbocycles. The van der Waals surface area contributed by atoms with Crippen molar-refractivity contribution < 1.29 is 9.53 Å². The minimum absolute atomic E-state index is 0.0704. The van der Waals surface area contributed by atoms with E-state index in [-0.39, 0.29) is 12.1 Å². The van der Waals surface area contributed by atoms with Crippen LogP contribution >= 0.6 is 0 Å². The Kier molecular flexibility index (Phi) is 3.81. The Hall–Kier alpha value is -0.530. The van der Waals surface area contributed by atoms with Crippen molar-refractivity contribution in [3.05, 3.63) is 0 Å². The monoisotopic (exact) mass is 318 g/mol. The van der Waals surface area contributed by atoms with E-state index in [2.05, 4.69) is 13.8 Å². The molecule has 4 saturated carbocycles. The molecule has 4 fully saturated rings. The van der Waals surface area contributed by atoms with E-state index in [9.17, 15) is 4.79 Å². The van der Waals surface area contributed by atoms with Gasteiger partial charge in [-0.1, -0.05) is 26.7 Å². The number of rotatable bonds is 1. The van der Waals surface area contributed by atoms with Crippen molar-refractivity contribution in [1.82, 2.24) is 0 Å². The standard InChI is InChI=1S/C21H34O2/c1-14(22)23-18-10-13-20(2)12-9-17-16(19(18)20)8-7-15-6-4-5-11-21(15,17)3/h15-19H,4-13H2,1-3H3/t15-,16-,17+,18?,19-,20-,21+/m1/s1. The van der Waals surface area contributed by atoms with Crippen molar-refractivity contribution in [3.63, 3.8) is 0 Å². The van der Waals surface area contributed by atoms with E-state index in [1.807, 2.05) is 0 Å². The molecule has 0 spiro atoms. The van der Waals surface area contributed by atoms with Crippen LogP contribution in [-0.4, -0.2) is 12.1 Å². The molecule has 4 aliphatic rings. The molecular weight excluding hydrogens is 284 g/mol. The molecule has 0 bridgehead atoms. The zero-order valence-electron chi connectivity index (χ0n) is 15.3. The Morgan fingerprint density at radius 2 is 1.74 bits per heavy atom. The van der Waals surface area contributed by atoms with E-state index in [4.69, 9.17) is 4.74 Å². The van der Waals surface area contributed by atoms with Crippen LogP contribution < -0.4 is 0 Å². The van der Waals surface area contributed by atoms with Gasteiger partial charge < -0.3 is 4.74 Å². The van der Waals surface area contributed by atoms with E-state index in [0.717, 1.165) is 24.2 Å². The van der Waals surface area contributed by atoms with E-state index in [1.165, 1.54) is 57.8 Å². The second-order valence-electron chi connectivity index (χ2n) is 9.70. The lowest BCUT2D eigenvalue weighted by Gasteiger charge is -2.60. The summed E-state index contributed by atoms with van der Waals surface area (Å²) in [5, 5.41) is 0. The summed E-state index contributed by atoms with van der Waals surface area (Å²) < 4.78 is 5.82. The fraction of sp³-hybridized carbons (Fsp3) is 0.952. The molecule has 0 amide bonds. The zero-order valence-corrected chi connectivity index (χ0v) is 15.3. The highest BCUT2D eigenvalue weighted by molar-refractivity contribution is 5.66. The molecule has 7 atom stereocenters. The minimum atomic E-state index is -0.0704. The van der Waals surface area contributed by atoms with Crippen LogP contribution in [0.1, 0.15) is 85.0 Å². The normalized spacial score (nSPS) is 52.2. The number of esters is 1. The summed E-state index contributed by atoms with van der Waals surface area (Å²) in [4.78, 5) is 11.6. The summed E-state index contributed by atoms with van der Waals surface area (Å²) in [6.07, 6.45) is 14.0. The highest BCUT2D eigenvalue weighted by Crippen LogP contribution is 2.66. The molecule has 4 rings (SSSR count). The number of ether oxygens (including phenoxy) is 1. The summed E-state index contributed by atoms with van der Waals surface area (Å²) in [7, 11) is 0. The van der Waals surface area contributed by atoms with Gasteiger partial charge in [0.2, 0.25) is 0 Å². The van der Waals surface area contributed by atoms with Gasteiger partial charge in [-0.25, -0.2) is 0 Å². The molecule has 0 aromatic rings. The van der Waals surface area contributed by atoms with Crippen LogP contribution in [0.5, 0.6) is 0 Å². The highest BCUT2D eigenvalue weighted by atomic mass is 16.5. The first kappa shape index (κ1) is 16.0. The van der Waals surface area contributed by atoms with Crippen LogP contribution in [0.2, 0.25) is 0 Å². The van der Waals surface area contributed by atoms with Crippen LogP contribution in [0.25, 0.3) is 0 Å². The van der Waals surface area contributed by atoms with Crippen LogP contribution in [0, 0.1) is 34.5 Å². The molecule has 130 valence electrons. The first-order valence-electron chi connectivity index (χ1n) is 10.1. The lowest BCUT2D eigenvalue weighted by atomic mass is 9.45. The van der Waals surface area contributed by atoms with Gasteiger partial charge in [0, 0.05) is 12.8 Å². The summed E-state index contributed by atoms with van der Waals surface area (Å²) in [6.45, 7) is 6.70. The molecule has 0 saturated heterocycles. The molecule has 0 radical (unpaired) electrons. The Morgan fingerprint density at radius 3 is 2.52 bits per heavy atom. The van der Waals surface area contributed by atoms with Crippen molar-refractivity contribution in [1.29, 1.82) is 0 Å². The summed E-state index contributed by atoms with van der Waals surface area (Å²) in [5.41, 5.74) is 1.00.